The van der Waals surface area contributed by atoms with Gasteiger partial charge in [-0.1, -0.05) is 11.6 Å². The van der Waals surface area contributed by atoms with Crippen LogP contribution in [0.2, 0.25) is 5.02 Å². The molecule has 124 valence electrons. The van der Waals surface area contributed by atoms with Crippen LogP contribution >= 0.6 is 22.9 Å². The van der Waals surface area contributed by atoms with Gasteiger partial charge in [0.1, 0.15) is 11.9 Å². The number of rotatable bonds is 6. The second kappa shape index (κ2) is 7.34. The topological polar surface area (TPSA) is 58.6 Å². The highest BCUT2D eigenvalue weighted by molar-refractivity contribution is 7.10. The molecule has 0 saturated heterocycles. The summed E-state index contributed by atoms with van der Waals surface area (Å²) in [4.78, 5) is 13.2. The largest absolute Gasteiger partial charge is 0.478 e. The van der Waals surface area contributed by atoms with Crippen molar-refractivity contribution in [1.29, 1.82) is 0 Å². The minimum atomic E-state index is -1.06. The summed E-state index contributed by atoms with van der Waals surface area (Å²) in [7, 11) is 0. The predicted molar refractivity (Wildman–Crippen MR) is 93.2 cm³/mol. The number of hydrogen-bond donors (Lipinski definition) is 2. The number of halogens is 1. The number of amides is 1. The molecule has 4 nitrogen and oxygen atoms in total. The molecule has 1 aromatic carbocycles. The number of hydrogen-bond acceptors (Lipinski definition) is 4. The van der Waals surface area contributed by atoms with Crippen LogP contribution in [0.3, 0.4) is 0 Å². The van der Waals surface area contributed by atoms with E-state index >= 15 is 0 Å². The smallest absolute Gasteiger partial charge is 0.263 e. The van der Waals surface area contributed by atoms with Gasteiger partial charge in [0.2, 0.25) is 0 Å². The van der Waals surface area contributed by atoms with Crippen LogP contribution in [0.15, 0.2) is 35.7 Å². The van der Waals surface area contributed by atoms with Crippen molar-refractivity contribution in [2.24, 2.45) is 0 Å². The van der Waals surface area contributed by atoms with Gasteiger partial charge in [0.15, 0.2) is 5.60 Å². The first-order valence-corrected chi connectivity index (χ1v) is 8.50. The number of aliphatic hydroxyl groups excluding tert-OH is 1. The van der Waals surface area contributed by atoms with Crippen LogP contribution in [0.5, 0.6) is 5.75 Å². The molecule has 0 aliphatic rings. The van der Waals surface area contributed by atoms with Crippen molar-refractivity contribution in [3.63, 3.8) is 0 Å². The molecule has 6 heteroatoms. The molecule has 1 aromatic heterocycles. The average Bonchev–Trinajstić information content (AvgIpc) is 2.92. The summed E-state index contributed by atoms with van der Waals surface area (Å²) in [6, 6.07) is 8.77. The molecule has 2 rings (SSSR count). The number of benzene rings is 1. The van der Waals surface area contributed by atoms with Gasteiger partial charge in [-0.3, -0.25) is 4.79 Å². The number of ether oxygens (including phenoxy) is 1. The Morgan fingerprint density at radius 3 is 2.57 bits per heavy atom. The SMILES string of the molecule is Cc1ccsc1[C@H](O)CNC(=O)C(C)(C)Oc1ccc(Cl)cc1. The van der Waals surface area contributed by atoms with E-state index in [1.807, 2.05) is 18.4 Å². The molecule has 0 fully saturated rings. The third-order valence-electron chi connectivity index (χ3n) is 3.39. The molecule has 0 spiro atoms. The highest BCUT2D eigenvalue weighted by Gasteiger charge is 2.30. The summed E-state index contributed by atoms with van der Waals surface area (Å²) in [5.41, 5.74) is -0.0358. The van der Waals surface area contributed by atoms with Gasteiger partial charge in [0.05, 0.1) is 0 Å². The molecular weight excluding hydrogens is 334 g/mol. The maximum Gasteiger partial charge on any atom is 0.263 e. The van der Waals surface area contributed by atoms with E-state index < -0.39 is 11.7 Å². The van der Waals surface area contributed by atoms with E-state index in [1.54, 1.807) is 38.1 Å². The molecule has 0 unspecified atom stereocenters. The lowest BCUT2D eigenvalue weighted by Gasteiger charge is -2.26. The summed E-state index contributed by atoms with van der Waals surface area (Å²) in [5, 5.41) is 15.4. The Labute approximate surface area is 145 Å². The first kappa shape index (κ1) is 17.8. The van der Waals surface area contributed by atoms with E-state index in [1.165, 1.54) is 11.3 Å². The Kier molecular flexibility index (Phi) is 5.68. The van der Waals surface area contributed by atoms with E-state index in [2.05, 4.69) is 5.32 Å². The van der Waals surface area contributed by atoms with Gasteiger partial charge < -0.3 is 15.2 Å². The summed E-state index contributed by atoms with van der Waals surface area (Å²) in [6.07, 6.45) is -0.717. The highest BCUT2D eigenvalue weighted by Crippen LogP contribution is 2.24. The van der Waals surface area contributed by atoms with Crippen LogP contribution < -0.4 is 10.1 Å². The quantitative estimate of drug-likeness (QED) is 0.832. The summed E-state index contributed by atoms with van der Waals surface area (Å²) >= 11 is 7.31. The number of aliphatic hydroxyl groups is 1. The lowest BCUT2D eigenvalue weighted by molar-refractivity contribution is -0.134. The Morgan fingerprint density at radius 1 is 1.35 bits per heavy atom. The second-order valence-corrected chi connectivity index (χ2v) is 7.14. The van der Waals surface area contributed by atoms with E-state index in [-0.39, 0.29) is 12.5 Å². The van der Waals surface area contributed by atoms with Crippen LogP contribution in [0.25, 0.3) is 0 Å². The fraction of sp³-hybridized carbons (Fsp3) is 0.353. The Bertz CT molecular complexity index is 667. The van der Waals surface area contributed by atoms with Gasteiger partial charge in [-0.2, -0.15) is 0 Å². The van der Waals surface area contributed by atoms with Crippen molar-refractivity contribution in [1.82, 2.24) is 5.32 Å². The Balaban J connectivity index is 1.93. The van der Waals surface area contributed by atoms with E-state index in [0.29, 0.717) is 10.8 Å². The summed E-state index contributed by atoms with van der Waals surface area (Å²) in [6.45, 7) is 5.44. The number of carbonyl (C=O) groups is 1. The van der Waals surface area contributed by atoms with Crippen molar-refractivity contribution >= 4 is 28.8 Å². The van der Waals surface area contributed by atoms with Crippen LogP contribution in [-0.2, 0) is 4.79 Å². The van der Waals surface area contributed by atoms with Crippen LogP contribution in [-0.4, -0.2) is 23.2 Å². The first-order chi connectivity index (χ1) is 10.8. The maximum absolute atomic E-state index is 12.3. The van der Waals surface area contributed by atoms with Gasteiger partial charge in [-0.25, -0.2) is 0 Å². The number of carbonyl (C=O) groups excluding carboxylic acids is 1. The monoisotopic (exact) mass is 353 g/mol. The number of thiophene rings is 1. The van der Waals surface area contributed by atoms with E-state index in [0.717, 1.165) is 10.4 Å². The van der Waals surface area contributed by atoms with Gasteiger partial charge >= 0.3 is 0 Å². The first-order valence-electron chi connectivity index (χ1n) is 7.24. The van der Waals surface area contributed by atoms with Gasteiger partial charge in [-0.05, 0) is 62.0 Å². The van der Waals surface area contributed by atoms with Crippen molar-refractivity contribution < 1.29 is 14.6 Å². The van der Waals surface area contributed by atoms with Gasteiger partial charge in [0.25, 0.3) is 5.91 Å². The molecule has 0 radical (unpaired) electrons. The van der Waals surface area contributed by atoms with Gasteiger partial charge in [-0.15, -0.1) is 11.3 Å². The molecule has 1 atom stereocenters. The van der Waals surface area contributed by atoms with E-state index in [9.17, 15) is 9.90 Å². The molecular formula is C17H20ClNO3S. The lowest BCUT2D eigenvalue weighted by Crippen LogP contribution is -2.47. The van der Waals surface area contributed by atoms with Crippen molar-refractivity contribution in [2.75, 3.05) is 6.54 Å². The molecule has 0 aliphatic carbocycles. The molecule has 23 heavy (non-hydrogen) atoms. The maximum atomic E-state index is 12.3. The van der Waals surface area contributed by atoms with Crippen molar-refractivity contribution in [3.05, 3.63) is 51.2 Å². The Hall–Kier alpha value is -1.56. The molecule has 1 heterocycles. The zero-order valence-corrected chi connectivity index (χ0v) is 14.9. The minimum Gasteiger partial charge on any atom is -0.478 e. The highest BCUT2D eigenvalue weighted by atomic mass is 35.5. The second-order valence-electron chi connectivity index (χ2n) is 5.76. The zero-order chi connectivity index (χ0) is 17.0. The normalized spacial score (nSPS) is 12.7. The molecule has 1 amide bonds. The zero-order valence-electron chi connectivity index (χ0n) is 13.3. The fourth-order valence-electron chi connectivity index (χ4n) is 2.06. The van der Waals surface area contributed by atoms with Gasteiger partial charge in [0, 0.05) is 16.4 Å². The van der Waals surface area contributed by atoms with E-state index in [4.69, 9.17) is 16.3 Å². The fourth-order valence-corrected chi connectivity index (χ4v) is 3.10. The number of aryl methyl sites for hydroxylation is 1. The van der Waals surface area contributed by atoms with Crippen LogP contribution in [0, 0.1) is 6.92 Å². The minimum absolute atomic E-state index is 0.146. The van der Waals surface area contributed by atoms with Crippen LogP contribution in [0.1, 0.15) is 30.4 Å². The third-order valence-corrected chi connectivity index (χ3v) is 4.77. The average molecular weight is 354 g/mol. The third kappa shape index (κ3) is 4.70. The van der Waals surface area contributed by atoms with Crippen molar-refractivity contribution in [2.45, 2.75) is 32.5 Å². The summed E-state index contributed by atoms with van der Waals surface area (Å²) in [5.74, 6) is 0.268. The number of nitrogens with one attached hydrogen (secondary N) is 1. The molecule has 0 aliphatic heterocycles. The standard InChI is InChI=1S/C17H20ClNO3S/c1-11-8-9-23-15(11)14(20)10-19-16(21)17(2,3)22-13-6-4-12(18)5-7-13/h4-9,14,20H,10H2,1-3H3,(H,19,21)/t14-/m1/s1. The Morgan fingerprint density at radius 2 is 2.00 bits per heavy atom. The molecule has 2 aromatic rings. The molecule has 0 bridgehead atoms. The predicted octanol–water partition coefficient (Wildman–Crippen LogP) is 3.72. The summed E-state index contributed by atoms with van der Waals surface area (Å²) < 4.78 is 5.72. The molecule has 0 saturated carbocycles. The molecule has 2 N–H and O–H groups in total. The van der Waals surface area contributed by atoms with Crippen molar-refractivity contribution in [3.8, 4) is 5.75 Å². The van der Waals surface area contributed by atoms with Crippen LogP contribution in [0.4, 0.5) is 0 Å². The lowest BCUT2D eigenvalue weighted by atomic mass is 10.1.